The van der Waals surface area contributed by atoms with E-state index in [1.54, 1.807) is 0 Å². The average Bonchev–Trinajstić information content (AvgIpc) is 3.36. The van der Waals surface area contributed by atoms with Crippen LogP contribution in [0, 0.1) is 5.92 Å². The van der Waals surface area contributed by atoms with Crippen LogP contribution in [-0.2, 0) is 20.0 Å². The first-order valence-electron chi connectivity index (χ1n) is 11.7. The van der Waals surface area contributed by atoms with Gasteiger partial charge in [0, 0.05) is 58.6 Å². The summed E-state index contributed by atoms with van der Waals surface area (Å²) < 4.78 is 1.92. The van der Waals surface area contributed by atoms with Crippen molar-refractivity contribution in [3.8, 4) is 0 Å². The van der Waals surface area contributed by atoms with Gasteiger partial charge in [-0.3, -0.25) is 9.67 Å². The summed E-state index contributed by atoms with van der Waals surface area (Å²) in [6.45, 7) is 12.6. The van der Waals surface area contributed by atoms with Crippen molar-refractivity contribution in [2.45, 2.75) is 46.1 Å². The normalized spacial score (nSPS) is 17.5. The molecule has 3 rings (SSSR count). The number of rotatable bonds is 9. The number of nitrogens with one attached hydrogen (secondary N) is 1. The van der Waals surface area contributed by atoms with E-state index in [1.165, 1.54) is 29.8 Å². The van der Waals surface area contributed by atoms with Crippen molar-refractivity contribution in [1.29, 1.82) is 0 Å². The predicted octanol–water partition coefficient (Wildman–Crippen LogP) is 3.51. The third-order valence-corrected chi connectivity index (χ3v) is 6.02. The third kappa shape index (κ3) is 6.82. The van der Waals surface area contributed by atoms with Crippen LogP contribution in [0.15, 0.2) is 41.5 Å². The second-order valence-electron chi connectivity index (χ2n) is 9.11. The number of guanidine groups is 1. The molecular formula is C25H40N6. The van der Waals surface area contributed by atoms with Crippen molar-refractivity contribution < 1.29 is 0 Å². The first-order chi connectivity index (χ1) is 15.0. The van der Waals surface area contributed by atoms with Gasteiger partial charge in [0.25, 0.3) is 0 Å². The molecule has 1 fully saturated rings. The van der Waals surface area contributed by atoms with E-state index in [2.05, 4.69) is 84.6 Å². The molecule has 1 aromatic heterocycles. The number of benzene rings is 1. The molecule has 1 atom stereocenters. The van der Waals surface area contributed by atoms with Gasteiger partial charge in [-0.25, -0.2) is 0 Å². The molecule has 2 aromatic rings. The monoisotopic (exact) mass is 424 g/mol. The average molecular weight is 425 g/mol. The van der Waals surface area contributed by atoms with Crippen molar-refractivity contribution in [3.05, 3.63) is 53.3 Å². The van der Waals surface area contributed by atoms with E-state index in [1.807, 2.05) is 11.7 Å². The number of hydrogen-bond donors (Lipinski definition) is 1. The molecule has 0 saturated carbocycles. The minimum Gasteiger partial charge on any atom is -0.357 e. The molecule has 1 aliphatic heterocycles. The molecule has 0 aliphatic carbocycles. The highest BCUT2D eigenvalue weighted by Crippen LogP contribution is 2.19. The molecule has 2 heterocycles. The second kappa shape index (κ2) is 11.3. The van der Waals surface area contributed by atoms with E-state index < -0.39 is 0 Å². The highest BCUT2D eigenvalue weighted by molar-refractivity contribution is 5.79. The van der Waals surface area contributed by atoms with E-state index in [4.69, 9.17) is 4.99 Å². The van der Waals surface area contributed by atoms with Crippen LogP contribution in [-0.4, -0.2) is 65.3 Å². The number of likely N-dealkylation sites (tertiary alicyclic amines) is 1. The summed E-state index contributed by atoms with van der Waals surface area (Å²) in [7, 11) is 4.12. The van der Waals surface area contributed by atoms with Gasteiger partial charge in [0.1, 0.15) is 0 Å². The zero-order chi connectivity index (χ0) is 22.2. The van der Waals surface area contributed by atoms with E-state index in [0.29, 0.717) is 11.8 Å². The van der Waals surface area contributed by atoms with Crippen LogP contribution in [0.2, 0.25) is 0 Å². The molecule has 0 bridgehead atoms. The maximum atomic E-state index is 5.00. The molecule has 6 nitrogen and oxygen atoms in total. The summed E-state index contributed by atoms with van der Waals surface area (Å²) in [5.41, 5.74) is 3.88. The summed E-state index contributed by atoms with van der Waals surface area (Å²) in [5.74, 6) is 2.05. The predicted molar refractivity (Wildman–Crippen MR) is 129 cm³/mol. The molecule has 1 N–H and O–H groups in total. The third-order valence-electron chi connectivity index (χ3n) is 6.02. The maximum absolute atomic E-state index is 5.00. The SMILES string of the molecule is CCNC(=NCC1CCN(CCc2ccccc2)C1)N(C)Cc1cn(C)nc1C(C)C. The fourth-order valence-corrected chi connectivity index (χ4v) is 4.38. The number of aryl methyl sites for hydroxylation is 1. The zero-order valence-electron chi connectivity index (χ0n) is 20.0. The highest BCUT2D eigenvalue weighted by atomic mass is 15.3. The van der Waals surface area contributed by atoms with Crippen LogP contribution < -0.4 is 5.32 Å². The van der Waals surface area contributed by atoms with E-state index >= 15 is 0 Å². The minimum absolute atomic E-state index is 0.421. The largest absolute Gasteiger partial charge is 0.357 e. The molecule has 6 heteroatoms. The molecule has 0 spiro atoms. The Morgan fingerprint density at radius 3 is 2.77 bits per heavy atom. The first kappa shape index (κ1) is 23.3. The number of aromatic nitrogens is 2. The Bertz CT molecular complexity index is 826. The topological polar surface area (TPSA) is 48.7 Å². The van der Waals surface area contributed by atoms with Crippen molar-refractivity contribution in [1.82, 2.24) is 24.9 Å². The number of nitrogens with zero attached hydrogens (tertiary/aromatic N) is 5. The lowest BCUT2D eigenvalue weighted by Gasteiger charge is -2.23. The summed E-state index contributed by atoms with van der Waals surface area (Å²) in [4.78, 5) is 9.83. The smallest absolute Gasteiger partial charge is 0.193 e. The highest BCUT2D eigenvalue weighted by Gasteiger charge is 2.22. The van der Waals surface area contributed by atoms with Gasteiger partial charge in [0.2, 0.25) is 0 Å². The van der Waals surface area contributed by atoms with Crippen LogP contribution in [0.25, 0.3) is 0 Å². The van der Waals surface area contributed by atoms with Gasteiger partial charge in [-0.1, -0.05) is 44.2 Å². The lowest BCUT2D eigenvalue weighted by atomic mass is 10.1. The summed E-state index contributed by atoms with van der Waals surface area (Å²) in [6.07, 6.45) is 4.50. The number of hydrogen-bond acceptors (Lipinski definition) is 3. The Morgan fingerprint density at radius 2 is 2.06 bits per heavy atom. The Hall–Kier alpha value is -2.34. The second-order valence-corrected chi connectivity index (χ2v) is 9.11. The Balaban J connectivity index is 1.53. The van der Waals surface area contributed by atoms with Gasteiger partial charge in [0.15, 0.2) is 5.96 Å². The molecule has 1 saturated heterocycles. The van der Waals surface area contributed by atoms with Crippen LogP contribution in [0.4, 0.5) is 0 Å². The summed E-state index contributed by atoms with van der Waals surface area (Å²) in [6, 6.07) is 10.8. The van der Waals surface area contributed by atoms with Gasteiger partial charge in [-0.2, -0.15) is 5.10 Å². The van der Waals surface area contributed by atoms with E-state index in [0.717, 1.165) is 45.1 Å². The summed E-state index contributed by atoms with van der Waals surface area (Å²) in [5, 5.41) is 8.12. The fraction of sp³-hybridized carbons (Fsp3) is 0.600. The quantitative estimate of drug-likeness (QED) is 0.494. The molecule has 170 valence electrons. The van der Waals surface area contributed by atoms with Gasteiger partial charge in [-0.05, 0) is 43.7 Å². The fourth-order valence-electron chi connectivity index (χ4n) is 4.38. The molecule has 31 heavy (non-hydrogen) atoms. The van der Waals surface area contributed by atoms with Crippen molar-refractivity contribution >= 4 is 5.96 Å². The van der Waals surface area contributed by atoms with Gasteiger partial charge in [-0.15, -0.1) is 0 Å². The lowest BCUT2D eigenvalue weighted by molar-refractivity contribution is 0.329. The van der Waals surface area contributed by atoms with Gasteiger partial charge in [0.05, 0.1) is 5.69 Å². The minimum atomic E-state index is 0.421. The Kier molecular flexibility index (Phi) is 8.52. The molecule has 0 amide bonds. The van der Waals surface area contributed by atoms with E-state index in [-0.39, 0.29) is 0 Å². The zero-order valence-corrected chi connectivity index (χ0v) is 20.0. The van der Waals surface area contributed by atoms with Crippen molar-refractivity contribution in [2.75, 3.05) is 39.8 Å². The molecule has 0 radical (unpaired) electrons. The molecular weight excluding hydrogens is 384 g/mol. The van der Waals surface area contributed by atoms with E-state index in [9.17, 15) is 0 Å². The van der Waals surface area contributed by atoms with Gasteiger partial charge < -0.3 is 15.1 Å². The molecule has 1 unspecified atom stereocenters. The Morgan fingerprint density at radius 1 is 1.29 bits per heavy atom. The van der Waals surface area contributed by atoms with Gasteiger partial charge >= 0.3 is 0 Å². The first-order valence-corrected chi connectivity index (χ1v) is 11.7. The Labute approximate surface area is 188 Å². The molecule has 1 aromatic carbocycles. The van der Waals surface area contributed by atoms with Crippen LogP contribution in [0.3, 0.4) is 0 Å². The maximum Gasteiger partial charge on any atom is 0.193 e. The molecule has 1 aliphatic rings. The van der Waals surface area contributed by atoms with Crippen molar-refractivity contribution in [2.24, 2.45) is 18.0 Å². The van der Waals surface area contributed by atoms with Crippen molar-refractivity contribution in [3.63, 3.8) is 0 Å². The van der Waals surface area contributed by atoms with Crippen LogP contribution >= 0.6 is 0 Å². The van der Waals surface area contributed by atoms with Crippen LogP contribution in [0.1, 0.15) is 49.9 Å². The number of aliphatic imine (C=N–C) groups is 1. The van der Waals surface area contributed by atoms with Crippen LogP contribution in [0.5, 0.6) is 0 Å². The standard InChI is InChI=1S/C25H40N6/c1-6-26-25(29(4)18-23-19-30(5)28-24(23)20(2)3)27-16-22-13-15-31(17-22)14-12-21-10-8-7-9-11-21/h7-11,19-20,22H,6,12-18H2,1-5H3,(H,26,27). The summed E-state index contributed by atoms with van der Waals surface area (Å²) >= 11 is 0. The lowest BCUT2D eigenvalue weighted by Crippen LogP contribution is -2.39.